The van der Waals surface area contributed by atoms with Crippen LogP contribution in [0, 0.1) is 0 Å². The van der Waals surface area contributed by atoms with E-state index in [1.807, 2.05) is 32.0 Å². The van der Waals surface area contributed by atoms with Crippen LogP contribution in [0.5, 0.6) is 5.75 Å². The summed E-state index contributed by atoms with van der Waals surface area (Å²) in [6.45, 7) is 4.50. The van der Waals surface area contributed by atoms with Gasteiger partial charge in [-0.3, -0.25) is 0 Å². The number of benzene rings is 1. The zero-order valence-electron chi connectivity index (χ0n) is 10.2. The summed E-state index contributed by atoms with van der Waals surface area (Å²) < 4.78 is 12.5. The molecule has 0 aromatic heterocycles. The van der Waals surface area contributed by atoms with Crippen molar-refractivity contribution in [1.29, 1.82) is 0 Å². The van der Waals surface area contributed by atoms with Crippen molar-refractivity contribution in [2.45, 2.75) is 31.5 Å². The van der Waals surface area contributed by atoms with Gasteiger partial charge in [-0.1, -0.05) is 15.9 Å². The molecule has 1 amide bonds. The molecule has 1 aromatic carbocycles. The van der Waals surface area contributed by atoms with Gasteiger partial charge in [0.15, 0.2) is 5.60 Å². The summed E-state index contributed by atoms with van der Waals surface area (Å²) >= 11 is 3.45. The summed E-state index contributed by atoms with van der Waals surface area (Å²) in [5, 5.41) is 2.75. The maximum absolute atomic E-state index is 11.4. The highest BCUT2D eigenvalue weighted by atomic mass is 79.9. The van der Waals surface area contributed by atoms with Crippen molar-refractivity contribution >= 4 is 22.0 Å². The highest BCUT2D eigenvalue weighted by Crippen LogP contribution is 2.47. The number of hydrogen-bond acceptors (Lipinski definition) is 3. The van der Waals surface area contributed by atoms with Crippen LogP contribution in [0.25, 0.3) is 0 Å². The van der Waals surface area contributed by atoms with E-state index >= 15 is 0 Å². The molecule has 0 radical (unpaired) electrons. The normalized spacial score (nSPS) is 28.3. The quantitative estimate of drug-likeness (QED) is 0.801. The summed E-state index contributed by atoms with van der Waals surface area (Å²) in [7, 11) is 0. The Bertz CT molecular complexity index is 529. The molecule has 2 heterocycles. The molecule has 18 heavy (non-hydrogen) atoms. The van der Waals surface area contributed by atoms with Gasteiger partial charge in [-0.05, 0) is 32.0 Å². The second-order valence-corrected chi connectivity index (χ2v) is 6.33. The number of carbonyl (C=O) groups excluding carboxylic acids is 1. The van der Waals surface area contributed by atoms with Gasteiger partial charge in [0.25, 0.3) is 0 Å². The average Bonchev–Trinajstić information content (AvgIpc) is 2.61. The van der Waals surface area contributed by atoms with E-state index in [9.17, 15) is 4.79 Å². The van der Waals surface area contributed by atoms with Gasteiger partial charge in [0.2, 0.25) is 0 Å². The van der Waals surface area contributed by atoms with Crippen LogP contribution < -0.4 is 10.1 Å². The molecule has 0 saturated carbocycles. The van der Waals surface area contributed by atoms with E-state index in [0.717, 1.165) is 15.8 Å². The van der Waals surface area contributed by atoms with Gasteiger partial charge in [0.1, 0.15) is 11.4 Å². The number of halogens is 1. The SMILES string of the molecule is CC1(C)CC2(CNC(=O)O2)c2cc(Br)ccc2O1. The molecule has 0 bridgehead atoms. The summed E-state index contributed by atoms with van der Waals surface area (Å²) in [5.41, 5.74) is -0.0417. The highest BCUT2D eigenvalue weighted by molar-refractivity contribution is 9.10. The number of nitrogens with one attached hydrogen (secondary N) is 1. The predicted molar refractivity (Wildman–Crippen MR) is 69.6 cm³/mol. The smallest absolute Gasteiger partial charge is 0.408 e. The lowest BCUT2D eigenvalue weighted by molar-refractivity contribution is -0.0441. The molecular formula is C13H14BrNO3. The summed E-state index contributed by atoms with van der Waals surface area (Å²) in [6.07, 6.45) is 0.279. The zero-order valence-corrected chi connectivity index (χ0v) is 11.8. The second kappa shape index (κ2) is 3.63. The van der Waals surface area contributed by atoms with E-state index in [2.05, 4.69) is 21.2 Å². The molecule has 1 fully saturated rings. The molecule has 4 nitrogen and oxygen atoms in total. The van der Waals surface area contributed by atoms with Gasteiger partial charge in [-0.15, -0.1) is 0 Å². The summed E-state index contributed by atoms with van der Waals surface area (Å²) in [5.74, 6) is 0.783. The second-order valence-electron chi connectivity index (χ2n) is 5.42. The van der Waals surface area contributed by atoms with Gasteiger partial charge in [0.05, 0.1) is 6.54 Å². The molecule has 1 saturated heterocycles. The Labute approximate surface area is 114 Å². The van der Waals surface area contributed by atoms with Gasteiger partial charge in [-0.25, -0.2) is 4.79 Å². The fraction of sp³-hybridized carbons (Fsp3) is 0.462. The van der Waals surface area contributed by atoms with Crippen LogP contribution in [0.2, 0.25) is 0 Å². The number of rotatable bonds is 0. The average molecular weight is 312 g/mol. The lowest BCUT2D eigenvalue weighted by Crippen LogP contribution is -2.46. The number of ether oxygens (including phenoxy) is 2. The van der Waals surface area contributed by atoms with Crippen LogP contribution >= 0.6 is 15.9 Å². The minimum absolute atomic E-state index is 0.354. The van der Waals surface area contributed by atoms with Crippen LogP contribution in [0.1, 0.15) is 25.8 Å². The van der Waals surface area contributed by atoms with Gasteiger partial charge in [0, 0.05) is 16.5 Å². The number of carbonyl (C=O) groups is 1. The molecule has 0 aliphatic carbocycles. The maximum atomic E-state index is 11.4. The Balaban J connectivity index is 2.15. The van der Waals surface area contributed by atoms with Crippen molar-refractivity contribution in [3.8, 4) is 5.75 Å². The first-order valence-corrected chi connectivity index (χ1v) is 6.65. The molecule has 1 aromatic rings. The molecule has 1 atom stereocenters. The Kier molecular flexibility index (Phi) is 2.39. The van der Waals surface area contributed by atoms with Crippen molar-refractivity contribution < 1.29 is 14.3 Å². The minimum atomic E-state index is -0.613. The van der Waals surface area contributed by atoms with Crippen LogP contribution in [-0.2, 0) is 10.3 Å². The molecule has 3 rings (SSSR count). The maximum Gasteiger partial charge on any atom is 0.408 e. The van der Waals surface area contributed by atoms with E-state index < -0.39 is 5.60 Å². The number of alkyl carbamates (subject to hydrolysis) is 1. The Hall–Kier alpha value is -1.23. The lowest BCUT2D eigenvalue weighted by Gasteiger charge is -2.42. The Morgan fingerprint density at radius 3 is 2.78 bits per heavy atom. The minimum Gasteiger partial charge on any atom is -0.487 e. The molecule has 2 aliphatic rings. The summed E-state index contributed by atoms with van der Waals surface area (Å²) in [6, 6.07) is 5.80. The molecule has 1 spiro atoms. The third kappa shape index (κ3) is 1.77. The van der Waals surface area contributed by atoms with E-state index in [4.69, 9.17) is 9.47 Å². The number of fused-ring (bicyclic) bond motifs is 2. The first-order valence-electron chi connectivity index (χ1n) is 5.86. The monoisotopic (exact) mass is 311 g/mol. The summed E-state index contributed by atoms with van der Waals surface area (Å²) in [4.78, 5) is 11.4. The van der Waals surface area contributed by atoms with Gasteiger partial charge in [-0.2, -0.15) is 0 Å². The molecule has 1 N–H and O–H groups in total. The zero-order chi connectivity index (χ0) is 13.0. The van der Waals surface area contributed by atoms with Crippen LogP contribution in [0.3, 0.4) is 0 Å². The Morgan fingerprint density at radius 1 is 1.33 bits per heavy atom. The topological polar surface area (TPSA) is 47.6 Å². The van der Waals surface area contributed by atoms with E-state index in [1.54, 1.807) is 0 Å². The molecule has 5 heteroatoms. The van der Waals surface area contributed by atoms with E-state index in [1.165, 1.54) is 0 Å². The van der Waals surface area contributed by atoms with E-state index in [0.29, 0.717) is 13.0 Å². The number of amides is 1. The molecule has 96 valence electrons. The fourth-order valence-electron chi connectivity index (χ4n) is 2.78. The third-order valence-electron chi connectivity index (χ3n) is 3.34. The van der Waals surface area contributed by atoms with Gasteiger partial charge >= 0.3 is 6.09 Å². The van der Waals surface area contributed by atoms with Crippen molar-refractivity contribution in [3.05, 3.63) is 28.2 Å². The third-order valence-corrected chi connectivity index (χ3v) is 3.83. The van der Waals surface area contributed by atoms with Crippen LogP contribution in [-0.4, -0.2) is 18.2 Å². The Morgan fingerprint density at radius 2 is 2.11 bits per heavy atom. The van der Waals surface area contributed by atoms with Gasteiger partial charge < -0.3 is 14.8 Å². The first-order chi connectivity index (χ1) is 8.40. The van der Waals surface area contributed by atoms with Crippen LogP contribution in [0.4, 0.5) is 4.79 Å². The lowest BCUT2D eigenvalue weighted by atomic mass is 9.80. The van der Waals surface area contributed by atoms with Crippen molar-refractivity contribution in [3.63, 3.8) is 0 Å². The molecule has 1 unspecified atom stereocenters. The standard InChI is InChI=1S/C13H14BrNO3/c1-12(2)6-13(7-15-11(16)18-13)9-5-8(14)3-4-10(9)17-12/h3-5H,6-7H2,1-2H3,(H,15,16). The van der Waals surface area contributed by atoms with E-state index in [-0.39, 0.29) is 11.7 Å². The molecule has 2 aliphatic heterocycles. The van der Waals surface area contributed by atoms with Crippen molar-refractivity contribution in [2.24, 2.45) is 0 Å². The van der Waals surface area contributed by atoms with Crippen molar-refractivity contribution in [2.75, 3.05) is 6.54 Å². The fourth-order valence-corrected chi connectivity index (χ4v) is 3.14. The van der Waals surface area contributed by atoms with Crippen molar-refractivity contribution in [1.82, 2.24) is 5.32 Å². The van der Waals surface area contributed by atoms with Crippen LogP contribution in [0.15, 0.2) is 22.7 Å². The highest BCUT2D eigenvalue weighted by Gasteiger charge is 2.51. The predicted octanol–water partition coefficient (Wildman–Crippen LogP) is 2.95. The largest absolute Gasteiger partial charge is 0.487 e. The molecular weight excluding hydrogens is 298 g/mol. The first kappa shape index (κ1) is 11.8. The number of hydrogen-bond donors (Lipinski definition) is 1.